The van der Waals surface area contributed by atoms with Gasteiger partial charge in [0, 0.05) is 5.57 Å². The van der Waals surface area contributed by atoms with Gasteiger partial charge in [0.2, 0.25) is 11.9 Å². The second-order valence-electron chi connectivity index (χ2n) is 6.60. The fraction of sp³-hybridized carbons (Fsp3) is 0.688. The lowest BCUT2D eigenvalue weighted by Crippen LogP contribution is -2.37. The van der Waals surface area contributed by atoms with Gasteiger partial charge < -0.3 is 15.7 Å². The number of nitrogens with one attached hydrogen (secondary N) is 2. The molecule has 0 amide bonds. The number of halogens is 7. The van der Waals surface area contributed by atoms with Crippen molar-refractivity contribution in [2.24, 2.45) is 0 Å². The average Bonchev–Trinajstić information content (AvgIpc) is 2.60. The van der Waals surface area contributed by atoms with Crippen molar-refractivity contribution in [2.75, 3.05) is 10.6 Å². The lowest BCUT2D eigenvalue weighted by Gasteiger charge is -2.23. The second kappa shape index (κ2) is 8.67. The molecule has 1 aromatic rings. The maximum Gasteiger partial charge on any atom is 0.408 e. The molecule has 0 aromatic carbocycles. The minimum atomic E-state index is -4.68. The number of aromatic nitrogens is 3. The van der Waals surface area contributed by atoms with Crippen LogP contribution in [0.3, 0.4) is 0 Å². The first kappa shape index (κ1) is 23.1. The van der Waals surface area contributed by atoms with Crippen LogP contribution in [0.25, 0.3) is 5.57 Å². The Hall–Kier alpha value is -2.18. The van der Waals surface area contributed by atoms with Crippen LogP contribution in [-0.2, 0) is 0 Å². The molecule has 0 bridgehead atoms. The Kier molecular flexibility index (Phi) is 6.91. The molecule has 13 heteroatoms. The van der Waals surface area contributed by atoms with Crippen LogP contribution in [0.1, 0.15) is 45.4 Å². The van der Waals surface area contributed by atoms with Crippen molar-refractivity contribution in [1.82, 2.24) is 15.0 Å². The Morgan fingerprint density at radius 2 is 1.62 bits per heavy atom. The minimum absolute atomic E-state index is 0.0666. The van der Waals surface area contributed by atoms with E-state index in [0.717, 1.165) is 6.92 Å². The Bertz CT molecular complexity index is 750. The molecular weight excluding hydrogens is 411 g/mol. The molecule has 0 saturated carbocycles. The summed E-state index contributed by atoms with van der Waals surface area (Å²) in [6, 6.07) is -4.19. The normalized spacial score (nSPS) is 20.4. The third-order valence-corrected chi connectivity index (χ3v) is 4.33. The van der Waals surface area contributed by atoms with Gasteiger partial charge in [0.25, 0.3) is 0 Å². The monoisotopic (exact) mass is 431 g/mol. The first-order chi connectivity index (χ1) is 13.3. The molecule has 6 nitrogen and oxygen atoms in total. The molecular formula is C16H20F7N5O. The molecule has 2 unspecified atom stereocenters. The van der Waals surface area contributed by atoms with Gasteiger partial charge in [-0.15, -0.1) is 0 Å². The molecule has 3 N–H and O–H groups in total. The first-order valence-corrected chi connectivity index (χ1v) is 8.82. The largest absolute Gasteiger partial charge is 0.408 e. The molecule has 29 heavy (non-hydrogen) atoms. The zero-order chi connectivity index (χ0) is 22.0. The maximum absolute atomic E-state index is 14.3. The van der Waals surface area contributed by atoms with E-state index in [4.69, 9.17) is 0 Å². The van der Waals surface area contributed by atoms with E-state index >= 15 is 0 Å². The topological polar surface area (TPSA) is 83.0 Å². The van der Waals surface area contributed by atoms with E-state index in [1.807, 2.05) is 10.6 Å². The number of allylic oxidation sites excluding steroid dienone is 1. The van der Waals surface area contributed by atoms with E-state index in [1.165, 1.54) is 6.92 Å². The van der Waals surface area contributed by atoms with Crippen LogP contribution >= 0.6 is 0 Å². The van der Waals surface area contributed by atoms with E-state index in [0.29, 0.717) is 6.42 Å². The average molecular weight is 431 g/mol. The van der Waals surface area contributed by atoms with Crippen molar-refractivity contribution in [2.45, 2.75) is 70.1 Å². The molecule has 0 radical (unpaired) electrons. The van der Waals surface area contributed by atoms with Crippen molar-refractivity contribution in [3.8, 4) is 0 Å². The summed E-state index contributed by atoms with van der Waals surface area (Å²) in [7, 11) is 0. The molecule has 3 atom stereocenters. The number of alkyl halides is 6. The molecule has 1 aliphatic carbocycles. The van der Waals surface area contributed by atoms with Gasteiger partial charge in [-0.05, 0) is 32.6 Å². The van der Waals surface area contributed by atoms with Gasteiger partial charge in [-0.1, -0.05) is 6.92 Å². The molecule has 0 aliphatic heterocycles. The molecule has 1 heterocycles. The fourth-order valence-corrected chi connectivity index (χ4v) is 2.62. The number of anilines is 2. The first-order valence-electron chi connectivity index (χ1n) is 8.82. The number of aliphatic hydroxyl groups is 1. The van der Waals surface area contributed by atoms with Gasteiger partial charge in [-0.2, -0.15) is 41.3 Å². The molecule has 0 fully saturated rings. The summed E-state index contributed by atoms with van der Waals surface area (Å²) < 4.78 is 91.9. The molecule has 164 valence electrons. The summed E-state index contributed by atoms with van der Waals surface area (Å²) in [5.41, 5.74) is -0.183. The number of rotatable bonds is 6. The number of aliphatic hydroxyl groups excluding tert-OH is 1. The van der Waals surface area contributed by atoms with Gasteiger partial charge in [0.05, 0.1) is 0 Å². The lowest BCUT2D eigenvalue weighted by molar-refractivity contribution is -0.143. The van der Waals surface area contributed by atoms with Gasteiger partial charge in [-0.25, -0.2) is 4.39 Å². The number of hydrogen-bond acceptors (Lipinski definition) is 6. The standard InChI is InChI=1S/C16H20F7N5O/c1-3-10(16(21,22)23)25-14-27-12(8-5-4-6-9(29)11(8)17)26-13(28-14)24-7(2)15(18,19)20/h7,9-10,29H,3-6H2,1-2H3,(H2,24,25,26,27,28)/t7-,9?,10?/m1/s1. The van der Waals surface area contributed by atoms with Crippen LogP contribution in [0, 0.1) is 0 Å². The van der Waals surface area contributed by atoms with Crippen LogP contribution in [0.4, 0.5) is 42.6 Å². The highest BCUT2D eigenvalue weighted by molar-refractivity contribution is 5.65. The van der Waals surface area contributed by atoms with E-state index in [2.05, 4.69) is 15.0 Å². The Morgan fingerprint density at radius 3 is 2.14 bits per heavy atom. The summed E-state index contributed by atoms with van der Waals surface area (Å²) in [5.74, 6) is -2.73. The van der Waals surface area contributed by atoms with Gasteiger partial charge in [0.1, 0.15) is 24.0 Å². The molecule has 0 spiro atoms. The van der Waals surface area contributed by atoms with Crippen molar-refractivity contribution >= 4 is 17.5 Å². The summed E-state index contributed by atoms with van der Waals surface area (Å²) in [4.78, 5) is 11.1. The fourth-order valence-electron chi connectivity index (χ4n) is 2.62. The highest BCUT2D eigenvalue weighted by atomic mass is 19.4. The molecule has 2 rings (SSSR count). The summed E-state index contributed by atoms with van der Waals surface area (Å²) in [5, 5.41) is 13.6. The summed E-state index contributed by atoms with van der Waals surface area (Å²) >= 11 is 0. The molecule has 1 aliphatic rings. The summed E-state index contributed by atoms with van der Waals surface area (Å²) in [6.07, 6.45) is -10.6. The predicted molar refractivity (Wildman–Crippen MR) is 90.6 cm³/mol. The molecule has 1 aromatic heterocycles. The highest BCUT2D eigenvalue weighted by Gasteiger charge is 2.39. The van der Waals surface area contributed by atoms with Crippen molar-refractivity contribution in [1.29, 1.82) is 0 Å². The maximum atomic E-state index is 14.3. The smallest absolute Gasteiger partial charge is 0.386 e. The third-order valence-electron chi connectivity index (χ3n) is 4.33. The van der Waals surface area contributed by atoms with Crippen LogP contribution in [0.15, 0.2) is 5.83 Å². The lowest BCUT2D eigenvalue weighted by atomic mass is 9.96. The van der Waals surface area contributed by atoms with Crippen LogP contribution in [-0.4, -0.2) is 50.6 Å². The minimum Gasteiger partial charge on any atom is -0.386 e. The second-order valence-corrected chi connectivity index (χ2v) is 6.60. The van der Waals surface area contributed by atoms with Crippen molar-refractivity contribution in [3.63, 3.8) is 0 Å². The van der Waals surface area contributed by atoms with E-state index in [9.17, 15) is 35.8 Å². The Morgan fingerprint density at radius 1 is 1.03 bits per heavy atom. The van der Waals surface area contributed by atoms with Crippen molar-refractivity contribution in [3.05, 3.63) is 11.7 Å². The van der Waals surface area contributed by atoms with E-state index in [1.54, 1.807) is 0 Å². The van der Waals surface area contributed by atoms with Gasteiger partial charge >= 0.3 is 12.4 Å². The Labute approximate surface area is 161 Å². The van der Waals surface area contributed by atoms with Crippen LogP contribution in [0.5, 0.6) is 0 Å². The zero-order valence-electron chi connectivity index (χ0n) is 15.5. The highest BCUT2D eigenvalue weighted by Crippen LogP contribution is 2.33. The van der Waals surface area contributed by atoms with Crippen LogP contribution in [0.2, 0.25) is 0 Å². The number of hydrogen-bond donors (Lipinski definition) is 3. The predicted octanol–water partition coefficient (Wildman–Crippen LogP) is 4.21. The van der Waals surface area contributed by atoms with E-state index < -0.39 is 60.5 Å². The number of nitrogens with zero attached hydrogens (tertiary/aromatic N) is 3. The zero-order valence-corrected chi connectivity index (χ0v) is 15.5. The third kappa shape index (κ3) is 5.90. The van der Waals surface area contributed by atoms with Crippen LogP contribution < -0.4 is 10.6 Å². The van der Waals surface area contributed by atoms with E-state index in [-0.39, 0.29) is 18.4 Å². The summed E-state index contributed by atoms with van der Waals surface area (Å²) in [6.45, 7) is 2.02. The quantitative estimate of drug-likeness (QED) is 0.586. The Balaban J connectivity index is 2.47. The van der Waals surface area contributed by atoms with Gasteiger partial charge in [0.15, 0.2) is 5.82 Å². The van der Waals surface area contributed by atoms with Gasteiger partial charge in [-0.3, -0.25) is 0 Å². The SMILES string of the molecule is CCC(Nc1nc(N[C@H](C)C(F)(F)F)nc(C2=C(F)C(O)CCC2)n1)C(F)(F)F. The molecule has 0 saturated heterocycles. The van der Waals surface area contributed by atoms with Crippen molar-refractivity contribution < 1.29 is 35.8 Å².